The van der Waals surface area contributed by atoms with Crippen LogP contribution in [0, 0.1) is 0 Å². The molecule has 0 radical (unpaired) electrons. The fourth-order valence-electron chi connectivity index (χ4n) is 0.727. The largest absolute Gasteiger partial charge is 0.393 e. The number of hydrogen-bond donors (Lipinski definition) is 3. The van der Waals surface area contributed by atoms with Gasteiger partial charge in [-0.15, -0.1) is 0 Å². The molecule has 74 valence electrons. The Hall–Kier alpha value is -0.700. The second-order valence-electron chi connectivity index (χ2n) is 2.21. The van der Waals surface area contributed by atoms with Crippen LogP contribution in [0.1, 0.15) is 40.0 Å². The Morgan fingerprint density at radius 2 is 2.00 bits per heavy atom. The summed E-state index contributed by atoms with van der Waals surface area (Å²) in [6.07, 6.45) is 5.28. The standard InChI is InChI=1S/C7H17N3.C2H6/c1-3-4-5-7(10-8)6-9-2;1-2/h6,9-10H,3-5,8H2,1-2H3;1-2H3/b7-6-;. The van der Waals surface area contributed by atoms with Crippen molar-refractivity contribution >= 4 is 0 Å². The molecule has 0 saturated heterocycles. The number of hydrazine groups is 1. The van der Waals surface area contributed by atoms with Crippen molar-refractivity contribution in [2.45, 2.75) is 40.0 Å². The SMILES string of the molecule is CC.CCCC/C(=C/NC)NN. The zero-order valence-corrected chi connectivity index (χ0v) is 8.78. The second-order valence-corrected chi connectivity index (χ2v) is 2.21. The van der Waals surface area contributed by atoms with Crippen LogP contribution < -0.4 is 16.6 Å². The first kappa shape index (κ1) is 13.9. The summed E-state index contributed by atoms with van der Waals surface area (Å²) < 4.78 is 0. The maximum Gasteiger partial charge on any atom is 0.0415 e. The lowest BCUT2D eigenvalue weighted by Gasteiger charge is -2.04. The third-order valence-electron chi connectivity index (χ3n) is 1.30. The third-order valence-corrected chi connectivity index (χ3v) is 1.30. The molecule has 0 atom stereocenters. The van der Waals surface area contributed by atoms with Crippen LogP contribution >= 0.6 is 0 Å². The molecular formula is C9H23N3. The summed E-state index contributed by atoms with van der Waals surface area (Å²) in [5.41, 5.74) is 3.70. The van der Waals surface area contributed by atoms with Gasteiger partial charge in [-0.3, -0.25) is 5.84 Å². The van der Waals surface area contributed by atoms with E-state index in [4.69, 9.17) is 5.84 Å². The highest BCUT2D eigenvalue weighted by Crippen LogP contribution is 2.00. The van der Waals surface area contributed by atoms with Gasteiger partial charge in [-0.1, -0.05) is 27.2 Å². The van der Waals surface area contributed by atoms with Gasteiger partial charge in [0.05, 0.1) is 0 Å². The van der Waals surface area contributed by atoms with Crippen LogP contribution in [0.5, 0.6) is 0 Å². The maximum absolute atomic E-state index is 5.24. The molecule has 0 unspecified atom stereocenters. The van der Waals surface area contributed by atoms with E-state index in [0.29, 0.717) is 0 Å². The van der Waals surface area contributed by atoms with E-state index in [-0.39, 0.29) is 0 Å². The van der Waals surface area contributed by atoms with Crippen LogP contribution in [0.2, 0.25) is 0 Å². The van der Waals surface area contributed by atoms with E-state index in [0.717, 1.165) is 12.1 Å². The lowest BCUT2D eigenvalue weighted by atomic mass is 10.2. The lowest BCUT2D eigenvalue weighted by molar-refractivity contribution is 0.712. The van der Waals surface area contributed by atoms with E-state index in [9.17, 15) is 0 Å². The Kier molecular flexibility index (Phi) is 14.9. The molecule has 0 rings (SSSR count). The van der Waals surface area contributed by atoms with E-state index < -0.39 is 0 Å². The monoisotopic (exact) mass is 173 g/mol. The number of allylic oxidation sites excluding steroid dienone is 1. The Morgan fingerprint density at radius 3 is 2.33 bits per heavy atom. The molecule has 0 fully saturated rings. The van der Waals surface area contributed by atoms with E-state index in [1.165, 1.54) is 12.8 Å². The van der Waals surface area contributed by atoms with Gasteiger partial charge in [0.25, 0.3) is 0 Å². The minimum atomic E-state index is 1.02. The van der Waals surface area contributed by atoms with E-state index in [1.807, 2.05) is 27.1 Å². The van der Waals surface area contributed by atoms with Crippen LogP contribution in [0.25, 0.3) is 0 Å². The predicted octanol–water partition coefficient (Wildman–Crippen LogP) is 1.73. The van der Waals surface area contributed by atoms with Crippen molar-refractivity contribution in [3.05, 3.63) is 11.9 Å². The Bertz CT molecular complexity index is 99.9. The minimum absolute atomic E-state index is 1.02. The first-order valence-electron chi connectivity index (χ1n) is 4.68. The highest BCUT2D eigenvalue weighted by molar-refractivity contribution is 4.95. The summed E-state index contributed by atoms with van der Waals surface area (Å²) in [6.45, 7) is 6.16. The van der Waals surface area contributed by atoms with Gasteiger partial charge in [-0.25, -0.2) is 0 Å². The first-order chi connectivity index (χ1) is 5.85. The zero-order chi connectivity index (χ0) is 9.82. The van der Waals surface area contributed by atoms with Crippen molar-refractivity contribution in [3.8, 4) is 0 Å². The number of unbranched alkanes of at least 4 members (excludes halogenated alkanes) is 1. The van der Waals surface area contributed by atoms with Crippen molar-refractivity contribution in [3.63, 3.8) is 0 Å². The quantitative estimate of drug-likeness (QED) is 0.438. The van der Waals surface area contributed by atoms with Gasteiger partial charge in [-0.2, -0.15) is 0 Å². The first-order valence-corrected chi connectivity index (χ1v) is 4.68. The molecule has 3 heteroatoms. The molecule has 0 amide bonds. The number of nitrogens with one attached hydrogen (secondary N) is 2. The van der Waals surface area contributed by atoms with Crippen molar-refractivity contribution in [2.75, 3.05) is 7.05 Å². The Balaban J connectivity index is 0. The Labute approximate surface area is 76.4 Å². The van der Waals surface area contributed by atoms with Crippen LogP contribution in [-0.2, 0) is 0 Å². The van der Waals surface area contributed by atoms with Crippen LogP contribution in [0.4, 0.5) is 0 Å². The molecule has 0 aromatic carbocycles. The van der Waals surface area contributed by atoms with Crippen molar-refractivity contribution in [1.82, 2.24) is 10.7 Å². The Morgan fingerprint density at radius 1 is 1.42 bits per heavy atom. The van der Waals surface area contributed by atoms with Crippen molar-refractivity contribution in [1.29, 1.82) is 0 Å². The smallest absolute Gasteiger partial charge is 0.0415 e. The summed E-state index contributed by atoms with van der Waals surface area (Å²) in [4.78, 5) is 0. The molecule has 0 spiro atoms. The molecule has 0 aromatic rings. The van der Waals surface area contributed by atoms with Gasteiger partial charge in [0.2, 0.25) is 0 Å². The van der Waals surface area contributed by atoms with Gasteiger partial charge in [0.1, 0.15) is 0 Å². The van der Waals surface area contributed by atoms with Crippen molar-refractivity contribution in [2.24, 2.45) is 5.84 Å². The van der Waals surface area contributed by atoms with Crippen LogP contribution in [-0.4, -0.2) is 7.05 Å². The number of rotatable bonds is 5. The van der Waals surface area contributed by atoms with E-state index in [2.05, 4.69) is 17.7 Å². The predicted molar refractivity (Wildman–Crippen MR) is 55.3 cm³/mol. The lowest BCUT2D eigenvalue weighted by Crippen LogP contribution is -2.22. The third kappa shape index (κ3) is 9.30. The highest BCUT2D eigenvalue weighted by atomic mass is 15.2. The van der Waals surface area contributed by atoms with Gasteiger partial charge >= 0.3 is 0 Å². The average molecular weight is 173 g/mol. The van der Waals surface area contributed by atoms with Gasteiger partial charge in [0.15, 0.2) is 0 Å². The van der Waals surface area contributed by atoms with Crippen LogP contribution in [0.15, 0.2) is 11.9 Å². The molecule has 0 aliphatic heterocycles. The molecule has 0 aromatic heterocycles. The van der Waals surface area contributed by atoms with Crippen molar-refractivity contribution < 1.29 is 0 Å². The molecule has 12 heavy (non-hydrogen) atoms. The zero-order valence-electron chi connectivity index (χ0n) is 8.78. The fraction of sp³-hybridized carbons (Fsp3) is 0.778. The van der Waals surface area contributed by atoms with Gasteiger partial charge in [-0.05, 0) is 12.8 Å². The molecule has 0 heterocycles. The summed E-state index contributed by atoms with van der Waals surface area (Å²) in [5.74, 6) is 5.24. The summed E-state index contributed by atoms with van der Waals surface area (Å²) in [7, 11) is 1.86. The molecule has 0 bridgehead atoms. The molecule has 4 N–H and O–H groups in total. The topological polar surface area (TPSA) is 50.1 Å². The van der Waals surface area contributed by atoms with Gasteiger partial charge < -0.3 is 10.7 Å². The maximum atomic E-state index is 5.24. The molecule has 3 nitrogen and oxygen atoms in total. The fourth-order valence-corrected chi connectivity index (χ4v) is 0.727. The normalized spacial score (nSPS) is 9.92. The van der Waals surface area contributed by atoms with E-state index >= 15 is 0 Å². The second kappa shape index (κ2) is 12.9. The molecular weight excluding hydrogens is 150 g/mol. The summed E-state index contributed by atoms with van der Waals surface area (Å²) >= 11 is 0. The molecule has 0 aliphatic carbocycles. The average Bonchev–Trinajstić information content (AvgIpc) is 2.15. The number of hydrogen-bond acceptors (Lipinski definition) is 3. The van der Waals surface area contributed by atoms with E-state index in [1.54, 1.807) is 0 Å². The number of nitrogens with two attached hydrogens (primary N) is 1. The minimum Gasteiger partial charge on any atom is -0.393 e. The summed E-state index contributed by atoms with van der Waals surface area (Å²) in [5, 5.41) is 2.92. The molecule has 0 aliphatic rings. The summed E-state index contributed by atoms with van der Waals surface area (Å²) in [6, 6.07) is 0. The molecule has 0 saturated carbocycles. The van der Waals surface area contributed by atoms with Crippen LogP contribution in [0.3, 0.4) is 0 Å². The van der Waals surface area contributed by atoms with Gasteiger partial charge in [0, 0.05) is 18.9 Å². The highest BCUT2D eigenvalue weighted by Gasteiger charge is 1.90.